The summed E-state index contributed by atoms with van der Waals surface area (Å²) < 4.78 is 192. The second-order valence-corrected chi connectivity index (χ2v) is 20.4. The number of nitrogens with zero attached hydrogens (tertiary/aromatic N) is 4. The van der Waals surface area contributed by atoms with E-state index in [1.54, 1.807) is 24.3 Å². The lowest BCUT2D eigenvalue weighted by Crippen LogP contribution is -2.39. The molecule has 2 unspecified atom stereocenters. The van der Waals surface area contributed by atoms with Crippen molar-refractivity contribution >= 4 is 59.0 Å². The number of carbonyl (C=O) groups is 4. The van der Waals surface area contributed by atoms with Crippen LogP contribution in [0.1, 0.15) is 71.9 Å². The number of rotatable bonds is 12. The fourth-order valence-corrected chi connectivity index (χ4v) is 11.8. The molecule has 0 radical (unpaired) electrons. The Balaban J connectivity index is 1.47. The Morgan fingerprint density at radius 2 is 0.861 bits per heavy atom. The number of carbonyl (C=O) groups excluding carboxylic acids is 2. The zero-order valence-electron chi connectivity index (χ0n) is 41.7. The van der Waals surface area contributed by atoms with Gasteiger partial charge in [0.15, 0.2) is 0 Å². The minimum Gasteiger partial charge on any atom is -0.481 e. The number of piperidine rings is 2. The predicted molar refractivity (Wildman–Crippen MR) is 272 cm³/mol. The molecular weight excluding hydrogens is 1080 g/mol. The molecule has 0 saturated carbocycles. The molecule has 2 N–H and O–H groups in total. The summed E-state index contributed by atoms with van der Waals surface area (Å²) in [5, 5.41) is 19.9. The summed E-state index contributed by atoms with van der Waals surface area (Å²) in [5.74, 6) is -6.32. The molecule has 8 rings (SSSR count). The van der Waals surface area contributed by atoms with Gasteiger partial charge in [0.1, 0.15) is 0 Å². The molecular formula is C56H50F12N4O6S. The van der Waals surface area contributed by atoms with Gasteiger partial charge in [0, 0.05) is 96.8 Å². The SMILES string of the molecule is O=C(O)C1CCCN(c2ccccc2-c2cc(Sc3cc(-c4ccccc4N4CCCC(C(=O)O)C4)c(/C=C/C(=O)N4CC=CCC4)c(C(F)(F)F)c3C(F)(F)F)c(C(F)(F)F)c(C(F)(F)F)c2/C=C/C(=O)N2CC=CCC2)C1. The molecule has 10 nitrogen and oxygen atoms in total. The van der Waals surface area contributed by atoms with E-state index < -0.39 is 126 Å². The number of aliphatic carboxylic acids is 2. The molecule has 420 valence electrons. The third kappa shape index (κ3) is 13.0. The highest BCUT2D eigenvalue weighted by Crippen LogP contribution is 2.56. The largest absolute Gasteiger partial charge is 0.481 e. The van der Waals surface area contributed by atoms with Crippen molar-refractivity contribution in [2.75, 3.05) is 62.2 Å². The average molecular weight is 1140 g/mol. The molecule has 79 heavy (non-hydrogen) atoms. The van der Waals surface area contributed by atoms with Crippen molar-refractivity contribution in [3.63, 3.8) is 0 Å². The van der Waals surface area contributed by atoms with E-state index >= 15 is 52.7 Å². The Morgan fingerprint density at radius 1 is 0.494 bits per heavy atom. The summed E-state index contributed by atoms with van der Waals surface area (Å²) >= 11 is -0.660. The van der Waals surface area contributed by atoms with Gasteiger partial charge in [0.2, 0.25) is 11.8 Å². The minimum atomic E-state index is -6.13. The number of para-hydroxylation sites is 2. The van der Waals surface area contributed by atoms with Gasteiger partial charge in [-0.05, 0) is 97.2 Å². The highest BCUT2D eigenvalue weighted by atomic mass is 32.2. The normalized spacial score (nSPS) is 18.7. The highest BCUT2D eigenvalue weighted by Gasteiger charge is 2.51. The van der Waals surface area contributed by atoms with Gasteiger partial charge in [0.25, 0.3) is 0 Å². The average Bonchev–Trinajstić information content (AvgIpc) is 3.58. The summed E-state index contributed by atoms with van der Waals surface area (Å²) in [6, 6.07) is 11.4. The van der Waals surface area contributed by atoms with Gasteiger partial charge in [-0.15, -0.1) is 0 Å². The maximum Gasteiger partial charge on any atom is 0.418 e. The van der Waals surface area contributed by atoms with Crippen LogP contribution < -0.4 is 9.80 Å². The molecule has 0 aromatic heterocycles. The van der Waals surface area contributed by atoms with Gasteiger partial charge >= 0.3 is 36.6 Å². The van der Waals surface area contributed by atoms with Gasteiger partial charge in [-0.1, -0.05) is 72.5 Å². The fourth-order valence-electron chi connectivity index (χ4n) is 10.5. The molecule has 23 heteroatoms. The summed E-state index contributed by atoms with van der Waals surface area (Å²) in [5.41, 5.74) is -14.8. The van der Waals surface area contributed by atoms with Gasteiger partial charge < -0.3 is 29.8 Å². The number of halogens is 12. The third-order valence-electron chi connectivity index (χ3n) is 14.2. The fraction of sp³-hybridized carbons (Fsp3) is 0.357. The Bertz CT molecular complexity index is 2920. The summed E-state index contributed by atoms with van der Waals surface area (Å²) in [6.07, 6.45) is -14.0. The lowest BCUT2D eigenvalue weighted by atomic mass is 9.88. The second kappa shape index (κ2) is 23.3. The van der Waals surface area contributed by atoms with E-state index in [0.717, 1.165) is 0 Å². The molecule has 0 bridgehead atoms. The van der Waals surface area contributed by atoms with Gasteiger partial charge in [-0.2, -0.15) is 52.7 Å². The first kappa shape index (κ1) is 58.0. The maximum atomic E-state index is 16.0. The van der Waals surface area contributed by atoms with Gasteiger partial charge in [-0.25, -0.2) is 0 Å². The first-order valence-corrected chi connectivity index (χ1v) is 25.8. The topological polar surface area (TPSA) is 122 Å². The van der Waals surface area contributed by atoms with Crippen LogP contribution in [0.5, 0.6) is 0 Å². The standard InChI is InChI=1S/C56H50F12N4O6S/c57-53(58,59)47-37(19-21-45(73)69-23-7-1-8-24-69)39(35-15-3-5-17-41(35)71-27-11-13-33(31-71)51(75)76)29-43(49(47)55(63,64)65)79-44-30-40(36-16-4-6-18-42(36)72-28-12-14-34(32-72)52(77)78)38(20-22-46(74)70-25-9-2-10-26-70)48(54(60,61)62)50(44)56(66,67)68/h1-7,9,15-22,29-30,33-34H,8,10-14,23-28,31-32H2,(H,75,76)(H,77,78)/b21-19+,22-20+. The minimum absolute atomic E-state index is 0.0101. The Hall–Kier alpha value is -7.17. The number of carboxylic acid groups (broad SMARTS) is 2. The molecule has 4 aliphatic rings. The molecule has 2 fully saturated rings. The predicted octanol–water partition coefficient (Wildman–Crippen LogP) is 13.5. The van der Waals surface area contributed by atoms with E-state index in [1.807, 2.05) is 0 Å². The smallest absolute Gasteiger partial charge is 0.418 e. The van der Waals surface area contributed by atoms with Crippen LogP contribution in [-0.2, 0) is 43.9 Å². The number of benzene rings is 4. The molecule has 0 spiro atoms. The third-order valence-corrected chi connectivity index (χ3v) is 15.2. The van der Waals surface area contributed by atoms with Crippen molar-refractivity contribution < 1.29 is 82.1 Å². The van der Waals surface area contributed by atoms with Crippen LogP contribution in [-0.4, -0.2) is 96.1 Å². The molecule has 0 aliphatic carbocycles. The number of alkyl halides is 12. The van der Waals surface area contributed by atoms with Gasteiger partial charge in [0.05, 0.1) is 34.1 Å². The molecule has 4 aromatic rings. The first-order chi connectivity index (χ1) is 37.2. The second-order valence-electron chi connectivity index (χ2n) is 19.3. The molecule has 2 saturated heterocycles. The van der Waals surface area contributed by atoms with Crippen molar-refractivity contribution in [1.29, 1.82) is 0 Å². The van der Waals surface area contributed by atoms with Crippen LogP contribution in [0.15, 0.2) is 107 Å². The van der Waals surface area contributed by atoms with E-state index in [0.29, 0.717) is 49.3 Å². The molecule has 4 heterocycles. The highest BCUT2D eigenvalue weighted by molar-refractivity contribution is 7.99. The van der Waals surface area contributed by atoms with E-state index in [2.05, 4.69) is 0 Å². The number of anilines is 2. The number of hydrogen-bond donors (Lipinski definition) is 2. The van der Waals surface area contributed by atoms with Crippen molar-refractivity contribution in [2.45, 2.75) is 73.0 Å². The van der Waals surface area contributed by atoms with Crippen LogP contribution in [0.25, 0.3) is 34.4 Å². The zero-order chi connectivity index (χ0) is 57.2. The first-order valence-electron chi connectivity index (χ1n) is 25.0. The number of amides is 2. The van der Waals surface area contributed by atoms with Crippen molar-refractivity contribution in [3.8, 4) is 22.3 Å². The molecule has 4 aliphatic heterocycles. The van der Waals surface area contributed by atoms with Crippen LogP contribution in [0, 0.1) is 11.8 Å². The van der Waals surface area contributed by atoms with Crippen LogP contribution in [0.4, 0.5) is 64.1 Å². The zero-order valence-corrected chi connectivity index (χ0v) is 42.5. The number of carboxylic acids is 2. The molecule has 2 amide bonds. The van der Waals surface area contributed by atoms with E-state index in [4.69, 9.17) is 0 Å². The van der Waals surface area contributed by atoms with Crippen LogP contribution >= 0.6 is 11.8 Å². The Morgan fingerprint density at radius 3 is 1.19 bits per heavy atom. The number of hydrogen-bond acceptors (Lipinski definition) is 7. The summed E-state index contributed by atoms with van der Waals surface area (Å²) in [4.78, 5) is 53.5. The monoisotopic (exact) mass is 1130 g/mol. The summed E-state index contributed by atoms with van der Waals surface area (Å²) in [6.45, 7) is -0.133. The maximum absolute atomic E-state index is 16.0. The lowest BCUT2D eigenvalue weighted by Gasteiger charge is -2.34. The Kier molecular flexibility index (Phi) is 17.1. The molecule has 2 atom stereocenters. The van der Waals surface area contributed by atoms with Crippen LogP contribution in [0.2, 0.25) is 0 Å². The quantitative estimate of drug-likeness (QED) is 0.0811. The van der Waals surface area contributed by atoms with Crippen molar-refractivity contribution in [1.82, 2.24) is 9.80 Å². The van der Waals surface area contributed by atoms with Crippen molar-refractivity contribution in [2.24, 2.45) is 11.8 Å². The lowest BCUT2D eigenvalue weighted by molar-refractivity contribution is -0.164. The Labute approximate surface area is 449 Å². The van der Waals surface area contributed by atoms with E-state index in [9.17, 15) is 29.4 Å². The van der Waals surface area contributed by atoms with Crippen molar-refractivity contribution in [3.05, 3.63) is 131 Å². The van der Waals surface area contributed by atoms with E-state index in [-0.39, 0.29) is 101 Å². The molecule has 4 aromatic carbocycles. The van der Waals surface area contributed by atoms with Crippen LogP contribution in [0.3, 0.4) is 0 Å². The van der Waals surface area contributed by atoms with Gasteiger partial charge in [-0.3, -0.25) is 19.2 Å². The summed E-state index contributed by atoms with van der Waals surface area (Å²) in [7, 11) is 0. The van der Waals surface area contributed by atoms with E-state index in [1.165, 1.54) is 68.1 Å².